The van der Waals surface area contributed by atoms with E-state index in [1.54, 1.807) is 0 Å². The Hall–Kier alpha value is -0.750. The van der Waals surface area contributed by atoms with Crippen molar-refractivity contribution in [3.05, 3.63) is 12.2 Å². The maximum atomic E-state index is 13.5. The highest BCUT2D eigenvalue weighted by molar-refractivity contribution is 6.04. The summed E-state index contributed by atoms with van der Waals surface area (Å²) in [5.41, 5.74) is -0.984. The molecule has 150 valence electrons. The lowest BCUT2D eigenvalue weighted by Gasteiger charge is -2.73. The van der Waals surface area contributed by atoms with E-state index in [1.165, 1.54) is 0 Å². The smallest absolute Gasteiger partial charge is 0.170 e. The molecule has 9 atom stereocenters. The van der Waals surface area contributed by atoms with Crippen molar-refractivity contribution in [3.63, 3.8) is 0 Å². The Morgan fingerprint density at radius 3 is 2.67 bits per heavy atom. The summed E-state index contributed by atoms with van der Waals surface area (Å²) in [6, 6.07) is 0. The van der Waals surface area contributed by atoms with Crippen LogP contribution in [0.4, 0.5) is 0 Å². The van der Waals surface area contributed by atoms with Crippen molar-refractivity contribution in [2.24, 2.45) is 34.0 Å². The Morgan fingerprint density at radius 1 is 1.22 bits per heavy atom. The Balaban J connectivity index is 1.74. The lowest BCUT2D eigenvalue weighted by molar-refractivity contribution is -0.408. The van der Waals surface area contributed by atoms with E-state index in [2.05, 4.69) is 20.4 Å². The van der Waals surface area contributed by atoms with Crippen molar-refractivity contribution in [1.29, 1.82) is 0 Å². The Morgan fingerprint density at radius 2 is 1.96 bits per heavy atom. The van der Waals surface area contributed by atoms with Crippen molar-refractivity contribution in [2.45, 2.75) is 77.5 Å². The van der Waals surface area contributed by atoms with Gasteiger partial charge in [-0.25, -0.2) is 0 Å². The molecule has 2 saturated heterocycles. The van der Waals surface area contributed by atoms with Gasteiger partial charge < -0.3 is 19.7 Å². The number of hydrogen-bond acceptors (Lipinski definition) is 5. The molecule has 0 aromatic carbocycles. The van der Waals surface area contributed by atoms with Gasteiger partial charge in [0, 0.05) is 12.5 Å². The molecule has 0 aromatic rings. The first-order chi connectivity index (χ1) is 12.7. The number of carbonyl (C=O) groups excluding carboxylic acids is 1. The largest absolute Gasteiger partial charge is 0.392 e. The van der Waals surface area contributed by atoms with Crippen LogP contribution in [-0.4, -0.2) is 47.2 Å². The van der Waals surface area contributed by atoms with Gasteiger partial charge in [-0.1, -0.05) is 20.4 Å². The zero-order valence-corrected chi connectivity index (χ0v) is 16.6. The molecule has 5 heteroatoms. The van der Waals surface area contributed by atoms with Crippen LogP contribution in [0, 0.1) is 34.0 Å². The van der Waals surface area contributed by atoms with Gasteiger partial charge in [-0.2, -0.15) is 0 Å². The van der Waals surface area contributed by atoms with E-state index in [0.717, 1.165) is 19.3 Å². The summed E-state index contributed by atoms with van der Waals surface area (Å²) in [5.74, 6) is -0.0848. The van der Waals surface area contributed by atoms with Crippen LogP contribution in [0.2, 0.25) is 0 Å². The van der Waals surface area contributed by atoms with Crippen LogP contribution < -0.4 is 0 Å². The summed E-state index contributed by atoms with van der Waals surface area (Å²) in [4.78, 5) is 13.5. The number of rotatable bonds is 2. The number of fused-ring (bicyclic) bond motifs is 2. The minimum absolute atomic E-state index is 0.0177. The third-order valence-corrected chi connectivity index (χ3v) is 9.13. The molecule has 4 saturated carbocycles. The molecule has 27 heavy (non-hydrogen) atoms. The molecule has 1 unspecified atom stereocenters. The molecule has 6 rings (SSSR count). The summed E-state index contributed by atoms with van der Waals surface area (Å²) in [5, 5.41) is 22.7. The van der Waals surface area contributed by atoms with Gasteiger partial charge in [-0.3, -0.25) is 4.79 Å². The monoisotopic (exact) mass is 376 g/mol. The molecule has 0 aromatic heterocycles. The highest BCUT2D eigenvalue weighted by Gasteiger charge is 2.81. The fraction of sp³-hybridized carbons (Fsp3) is 0.864. The average Bonchev–Trinajstić information content (AvgIpc) is 2.74. The first-order valence-electron chi connectivity index (χ1n) is 10.6. The lowest BCUT2D eigenvalue weighted by atomic mass is 9.37. The van der Waals surface area contributed by atoms with Crippen LogP contribution in [-0.2, 0) is 14.3 Å². The molecular formula is C22H32O5. The molecule has 2 spiro atoms. The van der Waals surface area contributed by atoms with Gasteiger partial charge in [0.05, 0.1) is 29.1 Å². The molecule has 2 aliphatic heterocycles. The van der Waals surface area contributed by atoms with Gasteiger partial charge in [0.15, 0.2) is 12.1 Å². The summed E-state index contributed by atoms with van der Waals surface area (Å²) >= 11 is 0. The van der Waals surface area contributed by atoms with Gasteiger partial charge in [-0.05, 0) is 61.9 Å². The molecule has 5 nitrogen and oxygen atoms in total. The molecule has 6 aliphatic rings. The van der Waals surface area contributed by atoms with Crippen molar-refractivity contribution in [1.82, 2.24) is 0 Å². The maximum Gasteiger partial charge on any atom is 0.170 e. The van der Waals surface area contributed by atoms with Crippen molar-refractivity contribution >= 4 is 5.78 Å². The normalized spacial score (nSPS) is 55.4. The Labute approximate surface area is 161 Å². The quantitative estimate of drug-likeness (QED) is 0.724. The van der Waals surface area contributed by atoms with Crippen molar-refractivity contribution < 1.29 is 24.5 Å². The molecule has 4 bridgehead atoms. The van der Waals surface area contributed by atoms with Crippen LogP contribution in [0.1, 0.15) is 52.9 Å². The van der Waals surface area contributed by atoms with Crippen molar-refractivity contribution in [3.8, 4) is 0 Å². The Bertz CT molecular complexity index is 701. The molecule has 4 aliphatic carbocycles. The second-order valence-electron chi connectivity index (χ2n) is 10.2. The number of carbonyl (C=O) groups is 1. The number of Topliss-reactive ketones (excluding diaryl/α,β-unsaturated/α-hetero) is 1. The standard InChI is InChI=1S/C22H32O5/c1-5-26-19-21-13-7-6-12-11(2)17(24)22(13,18(12)25)16(27-19)10-14(21)20(3,4)9-8-15(21)23/h12-16,18-19,23,25H,2,5-10H2,1,3-4H3/t12-,13-,14+,15-,16+,18+,19?,21+,22-/m0/s1. The van der Waals surface area contributed by atoms with Crippen LogP contribution in [0.15, 0.2) is 12.2 Å². The van der Waals surface area contributed by atoms with Crippen LogP contribution in [0.3, 0.4) is 0 Å². The predicted molar refractivity (Wildman–Crippen MR) is 98.6 cm³/mol. The molecule has 2 N–H and O–H groups in total. The highest BCUT2D eigenvalue weighted by Crippen LogP contribution is 2.75. The first kappa shape index (κ1) is 18.3. The third-order valence-electron chi connectivity index (χ3n) is 9.13. The first-order valence-corrected chi connectivity index (χ1v) is 10.6. The van der Waals surface area contributed by atoms with E-state index >= 15 is 0 Å². The lowest BCUT2D eigenvalue weighted by Crippen LogP contribution is -2.79. The van der Waals surface area contributed by atoms with Crippen molar-refractivity contribution in [2.75, 3.05) is 6.61 Å². The summed E-state index contributed by atoms with van der Waals surface area (Å²) < 4.78 is 12.5. The number of aliphatic hydroxyl groups is 2. The average molecular weight is 376 g/mol. The predicted octanol–water partition coefficient (Wildman–Crippen LogP) is 2.45. The summed E-state index contributed by atoms with van der Waals surface area (Å²) in [7, 11) is 0. The zero-order chi connectivity index (χ0) is 19.4. The topological polar surface area (TPSA) is 76.0 Å². The van der Waals surface area contributed by atoms with E-state index in [9.17, 15) is 15.0 Å². The molecular weight excluding hydrogens is 344 g/mol. The van der Waals surface area contributed by atoms with Crippen LogP contribution in [0.25, 0.3) is 0 Å². The minimum atomic E-state index is -0.946. The van der Waals surface area contributed by atoms with E-state index in [1.807, 2.05) is 6.92 Å². The number of ketones is 1. The fourth-order valence-corrected chi connectivity index (χ4v) is 8.12. The number of hydrogen-bond donors (Lipinski definition) is 2. The van der Waals surface area contributed by atoms with E-state index in [0.29, 0.717) is 25.0 Å². The van der Waals surface area contributed by atoms with Crippen LogP contribution >= 0.6 is 0 Å². The Kier molecular flexibility index (Phi) is 3.68. The zero-order valence-electron chi connectivity index (χ0n) is 16.6. The van der Waals surface area contributed by atoms with E-state index in [4.69, 9.17) is 9.47 Å². The van der Waals surface area contributed by atoms with Gasteiger partial charge in [0.2, 0.25) is 0 Å². The second-order valence-corrected chi connectivity index (χ2v) is 10.2. The number of ether oxygens (including phenoxy) is 2. The summed E-state index contributed by atoms with van der Waals surface area (Å²) in [6.45, 7) is 11.0. The second kappa shape index (κ2) is 5.44. The van der Waals surface area contributed by atoms with Gasteiger partial charge in [0.1, 0.15) is 0 Å². The molecule has 6 fully saturated rings. The SMILES string of the molecule is C=C1C(=O)[C@]23[C@H](O)[C@H]1CC[C@H]2[C@@]12C(OCC)O[C@@H]3C[C@@H]1C(C)(C)CC[C@@H]2O. The van der Waals surface area contributed by atoms with E-state index in [-0.39, 0.29) is 35.1 Å². The van der Waals surface area contributed by atoms with Gasteiger partial charge >= 0.3 is 0 Å². The summed E-state index contributed by atoms with van der Waals surface area (Å²) in [6.07, 6.45) is 1.71. The fourth-order valence-electron chi connectivity index (χ4n) is 8.12. The third kappa shape index (κ3) is 1.79. The highest BCUT2D eigenvalue weighted by atomic mass is 16.7. The van der Waals surface area contributed by atoms with Gasteiger partial charge in [-0.15, -0.1) is 0 Å². The van der Waals surface area contributed by atoms with Crippen LogP contribution in [0.5, 0.6) is 0 Å². The number of aliphatic hydroxyl groups excluding tert-OH is 2. The molecule has 2 heterocycles. The minimum Gasteiger partial charge on any atom is -0.392 e. The molecule has 0 amide bonds. The maximum absolute atomic E-state index is 13.5. The van der Waals surface area contributed by atoms with E-state index < -0.39 is 29.3 Å². The molecule has 0 radical (unpaired) electrons. The van der Waals surface area contributed by atoms with Gasteiger partial charge in [0.25, 0.3) is 0 Å².